The maximum Gasteiger partial charge on any atom is 0.418 e. The largest absolute Gasteiger partial charge is 0.418 e. The highest BCUT2D eigenvalue weighted by atomic mass is 19.4. The number of aromatic nitrogens is 1. The standard InChI is InChI=1S/C19H19F6N3O2/c20-18(21,22)11-8-12(27-16(30)5-7-29)10-28(9-11)15-4-3-14(19(23,24)25)17-13(15)2-1-6-26-17/h1-4,6,11-12,29H,5,7-10H2,(H,27,30). The molecule has 2 unspecified atom stereocenters. The monoisotopic (exact) mass is 435 g/mol. The molecule has 1 aromatic carbocycles. The van der Waals surface area contributed by atoms with E-state index < -0.39 is 48.9 Å². The van der Waals surface area contributed by atoms with Gasteiger partial charge in [-0.2, -0.15) is 26.3 Å². The molecular formula is C19H19F6N3O2. The van der Waals surface area contributed by atoms with Gasteiger partial charge in [0, 0.05) is 42.8 Å². The van der Waals surface area contributed by atoms with Crippen LogP contribution in [0.5, 0.6) is 0 Å². The lowest BCUT2D eigenvalue weighted by Gasteiger charge is -2.40. The minimum atomic E-state index is -4.66. The van der Waals surface area contributed by atoms with E-state index in [-0.39, 0.29) is 36.0 Å². The smallest absolute Gasteiger partial charge is 0.396 e. The van der Waals surface area contributed by atoms with Gasteiger partial charge in [0.15, 0.2) is 0 Å². The molecule has 2 N–H and O–H groups in total. The summed E-state index contributed by atoms with van der Waals surface area (Å²) in [6, 6.07) is 3.86. The lowest BCUT2D eigenvalue weighted by atomic mass is 9.92. The first-order valence-electron chi connectivity index (χ1n) is 9.17. The first-order chi connectivity index (χ1) is 14.0. The van der Waals surface area contributed by atoms with Crippen LogP contribution in [0.25, 0.3) is 10.9 Å². The fourth-order valence-electron chi connectivity index (χ4n) is 3.70. The third kappa shape index (κ3) is 4.77. The van der Waals surface area contributed by atoms with Crippen molar-refractivity contribution in [1.29, 1.82) is 0 Å². The third-order valence-electron chi connectivity index (χ3n) is 5.01. The van der Waals surface area contributed by atoms with E-state index in [1.165, 1.54) is 23.2 Å². The fourth-order valence-corrected chi connectivity index (χ4v) is 3.70. The SMILES string of the molecule is O=C(CCO)NC1CC(C(F)(F)F)CN(c2ccc(C(F)(F)F)c3ncccc23)C1. The van der Waals surface area contributed by atoms with Crippen LogP contribution in [0.15, 0.2) is 30.5 Å². The fraction of sp³-hybridized carbons (Fsp3) is 0.474. The maximum absolute atomic E-state index is 13.5. The van der Waals surface area contributed by atoms with Gasteiger partial charge in [0.05, 0.1) is 23.6 Å². The molecule has 1 fully saturated rings. The molecule has 2 heterocycles. The van der Waals surface area contributed by atoms with Crippen molar-refractivity contribution >= 4 is 22.5 Å². The number of fused-ring (bicyclic) bond motifs is 1. The maximum atomic E-state index is 13.5. The van der Waals surface area contributed by atoms with Gasteiger partial charge >= 0.3 is 12.4 Å². The van der Waals surface area contributed by atoms with Gasteiger partial charge in [-0.05, 0) is 30.7 Å². The number of amides is 1. The minimum absolute atomic E-state index is 0.0148. The second kappa shape index (κ2) is 8.29. The number of nitrogens with zero attached hydrogens (tertiary/aromatic N) is 2. The number of piperidine rings is 1. The zero-order valence-corrected chi connectivity index (χ0v) is 15.6. The number of pyridine rings is 1. The van der Waals surface area contributed by atoms with E-state index >= 15 is 0 Å². The van der Waals surface area contributed by atoms with Crippen molar-refractivity contribution in [2.75, 3.05) is 24.6 Å². The molecule has 1 saturated heterocycles. The van der Waals surface area contributed by atoms with Crippen molar-refractivity contribution in [3.8, 4) is 0 Å². The molecule has 5 nitrogen and oxygen atoms in total. The number of hydrogen-bond donors (Lipinski definition) is 2. The van der Waals surface area contributed by atoms with Crippen LogP contribution in [0.1, 0.15) is 18.4 Å². The van der Waals surface area contributed by atoms with Gasteiger partial charge in [0.25, 0.3) is 0 Å². The van der Waals surface area contributed by atoms with E-state index in [1.807, 2.05) is 0 Å². The summed E-state index contributed by atoms with van der Waals surface area (Å²) < 4.78 is 80.4. The first kappa shape index (κ1) is 22.1. The third-order valence-corrected chi connectivity index (χ3v) is 5.01. The van der Waals surface area contributed by atoms with Crippen LogP contribution in [0, 0.1) is 5.92 Å². The van der Waals surface area contributed by atoms with Crippen molar-refractivity contribution in [2.45, 2.75) is 31.2 Å². The number of benzene rings is 1. The molecule has 1 aliphatic rings. The van der Waals surface area contributed by atoms with Crippen LogP contribution in [-0.4, -0.2) is 47.9 Å². The summed E-state index contributed by atoms with van der Waals surface area (Å²) in [4.78, 5) is 16.9. The van der Waals surface area contributed by atoms with E-state index in [2.05, 4.69) is 10.3 Å². The summed E-state index contributed by atoms with van der Waals surface area (Å²) in [6.45, 7) is -0.912. The van der Waals surface area contributed by atoms with Crippen LogP contribution in [0.3, 0.4) is 0 Å². The summed E-state index contributed by atoms with van der Waals surface area (Å²) in [5.41, 5.74) is -1.14. The van der Waals surface area contributed by atoms with E-state index in [0.29, 0.717) is 0 Å². The summed E-state index contributed by atoms with van der Waals surface area (Å²) in [5.74, 6) is -2.37. The van der Waals surface area contributed by atoms with Crippen LogP contribution in [-0.2, 0) is 11.0 Å². The molecule has 1 aromatic heterocycles. The van der Waals surface area contributed by atoms with Crippen molar-refractivity contribution in [3.63, 3.8) is 0 Å². The highest BCUT2D eigenvalue weighted by molar-refractivity contribution is 5.94. The summed E-state index contributed by atoms with van der Waals surface area (Å²) in [6.07, 6.45) is -8.62. The first-order valence-corrected chi connectivity index (χ1v) is 9.17. The Hall–Kier alpha value is -2.56. The van der Waals surface area contributed by atoms with Crippen molar-refractivity contribution in [2.24, 2.45) is 5.92 Å². The molecule has 0 radical (unpaired) electrons. The average molecular weight is 435 g/mol. The van der Waals surface area contributed by atoms with E-state index in [1.54, 1.807) is 0 Å². The number of rotatable bonds is 4. The molecular weight excluding hydrogens is 416 g/mol. The molecule has 11 heteroatoms. The van der Waals surface area contributed by atoms with E-state index in [0.717, 1.165) is 12.1 Å². The minimum Gasteiger partial charge on any atom is -0.396 e. The van der Waals surface area contributed by atoms with Crippen LogP contribution in [0.2, 0.25) is 0 Å². The Morgan fingerprint density at radius 2 is 1.90 bits per heavy atom. The van der Waals surface area contributed by atoms with Gasteiger partial charge in [-0.1, -0.05) is 0 Å². The number of anilines is 1. The van der Waals surface area contributed by atoms with Gasteiger partial charge in [-0.15, -0.1) is 0 Å². The Labute approximate surface area is 167 Å². The van der Waals surface area contributed by atoms with Gasteiger partial charge in [-0.25, -0.2) is 0 Å². The van der Waals surface area contributed by atoms with E-state index in [9.17, 15) is 31.1 Å². The van der Waals surface area contributed by atoms with Crippen molar-refractivity contribution in [1.82, 2.24) is 10.3 Å². The Kier molecular flexibility index (Phi) is 6.11. The number of aliphatic hydroxyl groups excluding tert-OH is 1. The molecule has 3 rings (SSSR count). The quantitative estimate of drug-likeness (QED) is 0.722. The molecule has 0 aliphatic carbocycles. The number of aliphatic hydroxyl groups is 1. The van der Waals surface area contributed by atoms with Crippen molar-refractivity contribution < 1.29 is 36.2 Å². The molecule has 1 aliphatic heterocycles. The molecule has 164 valence electrons. The normalized spacial score (nSPS) is 20.4. The number of alkyl halides is 6. The van der Waals surface area contributed by atoms with Gasteiger partial charge < -0.3 is 15.3 Å². The topological polar surface area (TPSA) is 65.5 Å². The zero-order chi connectivity index (χ0) is 22.1. The van der Waals surface area contributed by atoms with Crippen LogP contribution in [0.4, 0.5) is 32.0 Å². The molecule has 0 spiro atoms. The molecule has 2 aromatic rings. The predicted molar refractivity (Wildman–Crippen MR) is 96.8 cm³/mol. The average Bonchev–Trinajstić information content (AvgIpc) is 2.65. The zero-order valence-electron chi connectivity index (χ0n) is 15.6. The summed E-state index contributed by atoms with van der Waals surface area (Å²) >= 11 is 0. The van der Waals surface area contributed by atoms with Crippen LogP contribution < -0.4 is 10.2 Å². The number of carbonyl (C=O) groups is 1. The molecule has 0 saturated carbocycles. The molecule has 30 heavy (non-hydrogen) atoms. The summed E-state index contributed by atoms with van der Waals surface area (Å²) in [7, 11) is 0. The van der Waals surface area contributed by atoms with E-state index in [4.69, 9.17) is 5.11 Å². The lowest BCUT2D eigenvalue weighted by molar-refractivity contribution is -0.178. The Morgan fingerprint density at radius 3 is 2.53 bits per heavy atom. The predicted octanol–water partition coefficient (Wildman–Crippen LogP) is 3.51. The Balaban J connectivity index is 2.00. The second-order valence-electron chi connectivity index (χ2n) is 7.15. The van der Waals surface area contributed by atoms with Gasteiger partial charge in [-0.3, -0.25) is 9.78 Å². The molecule has 0 bridgehead atoms. The number of hydrogen-bond acceptors (Lipinski definition) is 4. The highest BCUT2D eigenvalue weighted by Gasteiger charge is 2.45. The number of halogens is 6. The van der Waals surface area contributed by atoms with Gasteiger partial charge in [0.1, 0.15) is 0 Å². The van der Waals surface area contributed by atoms with Crippen molar-refractivity contribution in [3.05, 3.63) is 36.0 Å². The molecule has 2 atom stereocenters. The summed E-state index contributed by atoms with van der Waals surface area (Å²) in [5, 5.41) is 11.4. The van der Waals surface area contributed by atoms with Crippen LogP contribution >= 0.6 is 0 Å². The Bertz CT molecular complexity index is 915. The second-order valence-corrected chi connectivity index (χ2v) is 7.15. The molecule has 1 amide bonds. The Morgan fingerprint density at radius 1 is 1.17 bits per heavy atom. The van der Waals surface area contributed by atoms with Gasteiger partial charge in [0.2, 0.25) is 5.91 Å². The lowest BCUT2D eigenvalue weighted by Crippen LogP contribution is -2.54. The highest BCUT2D eigenvalue weighted by Crippen LogP contribution is 2.40. The number of carbonyl (C=O) groups excluding carboxylic acids is 1. The number of nitrogens with one attached hydrogen (secondary N) is 1.